The normalized spacial score (nSPS) is 18.0. The molecule has 1 aliphatic rings. The number of nitrogens with zero attached hydrogens (tertiary/aromatic N) is 3. The average Bonchev–Trinajstić information content (AvgIpc) is 2.54. The van der Waals surface area contributed by atoms with Crippen LogP contribution in [0.15, 0.2) is 35.6 Å². The van der Waals surface area contributed by atoms with Gasteiger partial charge in [-0.1, -0.05) is 18.2 Å². The fraction of sp³-hybridized carbons (Fsp3) is 0.467. The summed E-state index contributed by atoms with van der Waals surface area (Å²) >= 11 is 1.59. The van der Waals surface area contributed by atoms with Gasteiger partial charge < -0.3 is 9.84 Å². The minimum Gasteiger partial charge on any atom is -0.391 e. The Morgan fingerprint density at radius 2 is 2.05 bits per heavy atom. The molecule has 2 aromatic rings. The predicted octanol–water partition coefficient (Wildman–Crippen LogP) is 1.42. The average molecular weight is 305 g/mol. The van der Waals surface area contributed by atoms with Crippen LogP contribution in [0, 0.1) is 0 Å². The van der Waals surface area contributed by atoms with Crippen LogP contribution < -0.4 is 0 Å². The molecular weight excluding hydrogens is 286 g/mol. The zero-order valence-electron chi connectivity index (χ0n) is 11.8. The Morgan fingerprint density at radius 1 is 1.24 bits per heavy atom. The van der Waals surface area contributed by atoms with Gasteiger partial charge in [0, 0.05) is 30.8 Å². The van der Waals surface area contributed by atoms with E-state index in [0.29, 0.717) is 12.3 Å². The molecule has 0 radical (unpaired) electrons. The summed E-state index contributed by atoms with van der Waals surface area (Å²) in [6.45, 7) is 4.02. The molecule has 0 saturated carbocycles. The van der Waals surface area contributed by atoms with Crippen molar-refractivity contribution < 1.29 is 9.84 Å². The standard InChI is InChI=1S/C15H19N3O2S/c19-12(9-18-5-7-20-8-6-18)10-21-15-13-3-1-2-4-14(13)16-11-17-15/h1-4,11-12,19H,5-10H2/t12-/m0/s1. The maximum Gasteiger partial charge on any atom is 0.117 e. The molecule has 0 spiro atoms. The first kappa shape index (κ1) is 14.7. The van der Waals surface area contributed by atoms with Crippen molar-refractivity contribution in [2.24, 2.45) is 0 Å². The maximum absolute atomic E-state index is 10.2. The van der Waals surface area contributed by atoms with Crippen LogP contribution in [0.5, 0.6) is 0 Å². The molecule has 0 aliphatic carbocycles. The quantitative estimate of drug-likeness (QED) is 0.666. The zero-order chi connectivity index (χ0) is 14.5. The van der Waals surface area contributed by atoms with E-state index in [1.54, 1.807) is 18.1 Å². The smallest absolute Gasteiger partial charge is 0.117 e. The lowest BCUT2D eigenvalue weighted by Crippen LogP contribution is -2.41. The van der Waals surface area contributed by atoms with E-state index in [0.717, 1.165) is 42.2 Å². The summed E-state index contributed by atoms with van der Waals surface area (Å²) in [4.78, 5) is 10.8. The van der Waals surface area contributed by atoms with Gasteiger partial charge in [-0.05, 0) is 6.07 Å². The van der Waals surface area contributed by atoms with Crippen LogP contribution in [0.4, 0.5) is 0 Å². The highest BCUT2D eigenvalue weighted by molar-refractivity contribution is 7.99. The highest BCUT2D eigenvalue weighted by Crippen LogP contribution is 2.24. The molecule has 5 nitrogen and oxygen atoms in total. The third-order valence-electron chi connectivity index (χ3n) is 3.49. The van der Waals surface area contributed by atoms with Crippen LogP contribution in [0.2, 0.25) is 0 Å². The van der Waals surface area contributed by atoms with E-state index >= 15 is 0 Å². The summed E-state index contributed by atoms with van der Waals surface area (Å²) in [6.07, 6.45) is 1.22. The molecule has 0 bridgehead atoms. The molecule has 1 aromatic carbocycles. The van der Waals surface area contributed by atoms with E-state index < -0.39 is 0 Å². The first-order valence-corrected chi connectivity index (χ1v) is 8.12. The van der Waals surface area contributed by atoms with Crippen molar-refractivity contribution in [3.8, 4) is 0 Å². The number of β-amino-alcohol motifs (C(OH)–C–C–N with tert-alkyl or cyclic N) is 1. The predicted molar refractivity (Wildman–Crippen MR) is 83.5 cm³/mol. The molecule has 0 amide bonds. The van der Waals surface area contributed by atoms with Crippen LogP contribution in [0.3, 0.4) is 0 Å². The van der Waals surface area contributed by atoms with Gasteiger partial charge >= 0.3 is 0 Å². The maximum atomic E-state index is 10.2. The molecule has 1 aromatic heterocycles. The molecule has 1 saturated heterocycles. The molecule has 21 heavy (non-hydrogen) atoms. The number of thioether (sulfide) groups is 1. The first-order valence-electron chi connectivity index (χ1n) is 7.13. The summed E-state index contributed by atoms with van der Waals surface area (Å²) in [5, 5.41) is 12.2. The van der Waals surface area contributed by atoms with E-state index in [2.05, 4.69) is 14.9 Å². The van der Waals surface area contributed by atoms with Gasteiger partial charge in [0.1, 0.15) is 11.4 Å². The molecule has 112 valence electrons. The molecule has 1 N–H and O–H groups in total. The summed E-state index contributed by atoms with van der Waals surface area (Å²) in [6, 6.07) is 7.95. The minimum atomic E-state index is -0.359. The second-order valence-corrected chi connectivity index (χ2v) is 6.08. The van der Waals surface area contributed by atoms with E-state index in [1.807, 2.05) is 24.3 Å². The number of rotatable bonds is 5. The number of aromatic nitrogens is 2. The molecule has 1 aliphatic heterocycles. The van der Waals surface area contributed by atoms with E-state index in [-0.39, 0.29) is 6.10 Å². The number of aliphatic hydroxyl groups excluding tert-OH is 1. The lowest BCUT2D eigenvalue weighted by Gasteiger charge is -2.28. The lowest BCUT2D eigenvalue weighted by atomic mass is 10.2. The van der Waals surface area contributed by atoms with Crippen LogP contribution >= 0.6 is 11.8 Å². The highest BCUT2D eigenvalue weighted by atomic mass is 32.2. The molecule has 1 fully saturated rings. The Bertz CT molecular complexity index is 585. The van der Waals surface area contributed by atoms with Gasteiger partial charge in [-0.2, -0.15) is 0 Å². The summed E-state index contributed by atoms with van der Waals surface area (Å²) < 4.78 is 5.31. The molecule has 6 heteroatoms. The molecule has 1 atom stereocenters. The SMILES string of the molecule is O[C@H](CSc1ncnc2ccccc12)CN1CCOCC1. The van der Waals surface area contributed by atoms with Crippen molar-refractivity contribution >= 4 is 22.7 Å². The monoisotopic (exact) mass is 305 g/mol. The van der Waals surface area contributed by atoms with E-state index in [4.69, 9.17) is 4.74 Å². The largest absolute Gasteiger partial charge is 0.391 e. The highest BCUT2D eigenvalue weighted by Gasteiger charge is 2.15. The Morgan fingerprint density at radius 3 is 2.90 bits per heavy atom. The van der Waals surface area contributed by atoms with Gasteiger partial charge in [0.15, 0.2) is 0 Å². The van der Waals surface area contributed by atoms with Crippen LogP contribution in [0.25, 0.3) is 10.9 Å². The van der Waals surface area contributed by atoms with Gasteiger partial charge in [-0.15, -0.1) is 11.8 Å². The van der Waals surface area contributed by atoms with Crippen molar-refractivity contribution in [1.29, 1.82) is 0 Å². The van der Waals surface area contributed by atoms with Crippen molar-refractivity contribution in [3.05, 3.63) is 30.6 Å². The van der Waals surface area contributed by atoms with Crippen molar-refractivity contribution in [2.45, 2.75) is 11.1 Å². The Labute approximate surface area is 128 Å². The van der Waals surface area contributed by atoms with Gasteiger partial charge in [0.2, 0.25) is 0 Å². The molecular formula is C15H19N3O2S. The number of fused-ring (bicyclic) bond motifs is 1. The fourth-order valence-corrected chi connectivity index (χ4v) is 3.31. The first-order chi connectivity index (χ1) is 10.3. The van der Waals surface area contributed by atoms with Crippen molar-refractivity contribution in [2.75, 3.05) is 38.6 Å². The third-order valence-corrected chi connectivity index (χ3v) is 4.64. The topological polar surface area (TPSA) is 58.5 Å². The van der Waals surface area contributed by atoms with Gasteiger partial charge in [0.05, 0.1) is 24.8 Å². The number of morpholine rings is 1. The third kappa shape index (κ3) is 3.91. The second kappa shape index (κ2) is 7.17. The summed E-state index contributed by atoms with van der Waals surface area (Å²) in [7, 11) is 0. The fourth-order valence-electron chi connectivity index (χ4n) is 2.40. The van der Waals surface area contributed by atoms with E-state index in [1.165, 1.54) is 0 Å². The molecule has 0 unspecified atom stereocenters. The summed E-state index contributed by atoms with van der Waals surface area (Å²) in [5.74, 6) is 0.637. The molecule has 3 rings (SSSR count). The summed E-state index contributed by atoms with van der Waals surface area (Å²) in [5.41, 5.74) is 0.942. The van der Waals surface area contributed by atoms with Gasteiger partial charge in [-0.3, -0.25) is 4.90 Å². The number of para-hydroxylation sites is 1. The van der Waals surface area contributed by atoms with Gasteiger partial charge in [0.25, 0.3) is 0 Å². The number of benzene rings is 1. The number of hydrogen-bond donors (Lipinski definition) is 1. The Balaban J connectivity index is 1.58. The lowest BCUT2D eigenvalue weighted by molar-refractivity contribution is 0.0188. The van der Waals surface area contributed by atoms with Crippen molar-refractivity contribution in [1.82, 2.24) is 14.9 Å². The van der Waals surface area contributed by atoms with Crippen LogP contribution in [0.1, 0.15) is 0 Å². The second-order valence-electron chi connectivity index (χ2n) is 5.07. The Hall–Kier alpha value is -1.21. The minimum absolute atomic E-state index is 0.359. The van der Waals surface area contributed by atoms with E-state index in [9.17, 15) is 5.11 Å². The van der Waals surface area contributed by atoms with Crippen molar-refractivity contribution in [3.63, 3.8) is 0 Å². The van der Waals surface area contributed by atoms with Crippen LogP contribution in [-0.2, 0) is 4.74 Å². The zero-order valence-corrected chi connectivity index (χ0v) is 12.6. The number of ether oxygens (including phenoxy) is 1. The Kier molecular flexibility index (Phi) is 5.03. The molecule has 2 heterocycles. The number of hydrogen-bond acceptors (Lipinski definition) is 6. The van der Waals surface area contributed by atoms with Gasteiger partial charge in [-0.25, -0.2) is 9.97 Å². The van der Waals surface area contributed by atoms with Crippen LogP contribution in [-0.4, -0.2) is 64.7 Å². The number of aliphatic hydroxyl groups is 1.